The number of rotatable bonds is 7. The molecule has 0 rings (SSSR count). The minimum Gasteiger partial charge on any atom is -0.447 e. The molecule has 0 radical (unpaired) electrons. The zero-order chi connectivity index (χ0) is 21.1. The van der Waals surface area contributed by atoms with Gasteiger partial charge < -0.3 is 9.47 Å². The van der Waals surface area contributed by atoms with Crippen molar-refractivity contribution in [1.82, 2.24) is 0 Å². The van der Waals surface area contributed by atoms with Gasteiger partial charge in [0.15, 0.2) is 6.10 Å². The van der Waals surface area contributed by atoms with Gasteiger partial charge in [0.1, 0.15) is 5.75 Å². The Morgan fingerprint density at radius 3 is 1.81 bits per heavy atom. The number of hydrogen-bond acceptors (Lipinski definition) is 6. The molecule has 0 heterocycles. The SMILES string of the molecule is C=C(C)C(=O)OC(CC)C(=O)OC(CS(=O)(=O)O)(C(F)(F)F)C(F)(F)F. The molecule has 0 aromatic heterocycles. The molecule has 0 saturated carbocycles. The van der Waals surface area contributed by atoms with Crippen molar-refractivity contribution in [2.24, 2.45) is 0 Å². The second-order valence-corrected chi connectivity index (χ2v) is 6.50. The molecular weight excluding hydrogens is 402 g/mol. The standard InChI is InChI=1S/C12H14F6O7S/c1-4-7(24-8(19)6(2)3)9(20)25-10(11(13,14)15,12(16,17)18)5-26(21,22)23/h7H,2,4-5H2,1,3H3,(H,21,22,23). The Bertz CT molecular complexity index is 651. The molecular formula is C12H14F6O7S. The summed E-state index contributed by atoms with van der Waals surface area (Å²) in [5.41, 5.74) is -5.87. The van der Waals surface area contributed by atoms with Crippen molar-refractivity contribution in [3.63, 3.8) is 0 Å². The molecule has 14 heteroatoms. The molecule has 152 valence electrons. The summed E-state index contributed by atoms with van der Waals surface area (Å²) in [5, 5.41) is 0. The summed E-state index contributed by atoms with van der Waals surface area (Å²) in [6.45, 7) is 5.27. The lowest BCUT2D eigenvalue weighted by molar-refractivity contribution is -0.362. The van der Waals surface area contributed by atoms with E-state index in [-0.39, 0.29) is 5.57 Å². The van der Waals surface area contributed by atoms with Gasteiger partial charge in [-0.2, -0.15) is 34.8 Å². The van der Waals surface area contributed by atoms with E-state index in [4.69, 9.17) is 4.55 Å². The molecule has 0 spiro atoms. The second kappa shape index (κ2) is 7.82. The first-order chi connectivity index (χ1) is 11.4. The average molecular weight is 416 g/mol. The van der Waals surface area contributed by atoms with E-state index < -0.39 is 58.3 Å². The summed E-state index contributed by atoms with van der Waals surface area (Å²) >= 11 is 0. The number of alkyl halides is 6. The van der Waals surface area contributed by atoms with Crippen LogP contribution >= 0.6 is 0 Å². The maximum atomic E-state index is 13.0. The van der Waals surface area contributed by atoms with Gasteiger partial charge in [0.25, 0.3) is 10.1 Å². The fourth-order valence-corrected chi connectivity index (χ4v) is 2.39. The van der Waals surface area contributed by atoms with Crippen LogP contribution in [0.5, 0.6) is 0 Å². The molecule has 0 aliphatic carbocycles. The zero-order valence-electron chi connectivity index (χ0n) is 13.3. The predicted molar refractivity (Wildman–Crippen MR) is 72.3 cm³/mol. The number of carbonyl (C=O) groups excluding carboxylic acids is 2. The van der Waals surface area contributed by atoms with Gasteiger partial charge in [0.05, 0.1) is 0 Å². The zero-order valence-corrected chi connectivity index (χ0v) is 14.1. The third kappa shape index (κ3) is 5.86. The Morgan fingerprint density at radius 1 is 1.12 bits per heavy atom. The van der Waals surface area contributed by atoms with Crippen LogP contribution in [0.1, 0.15) is 20.3 Å². The lowest BCUT2D eigenvalue weighted by Crippen LogP contribution is -2.64. The molecule has 0 bridgehead atoms. The van der Waals surface area contributed by atoms with E-state index in [2.05, 4.69) is 16.1 Å². The minimum atomic E-state index is -6.46. The van der Waals surface area contributed by atoms with Gasteiger partial charge in [-0.25, -0.2) is 9.59 Å². The van der Waals surface area contributed by atoms with Crippen LogP contribution < -0.4 is 0 Å². The Kier molecular flexibility index (Phi) is 7.27. The van der Waals surface area contributed by atoms with E-state index in [9.17, 15) is 44.3 Å². The van der Waals surface area contributed by atoms with Crippen LogP contribution in [0.3, 0.4) is 0 Å². The van der Waals surface area contributed by atoms with Gasteiger partial charge in [-0.05, 0) is 13.3 Å². The number of ether oxygens (including phenoxy) is 2. The molecule has 0 fully saturated rings. The number of carbonyl (C=O) groups is 2. The topological polar surface area (TPSA) is 107 Å². The van der Waals surface area contributed by atoms with E-state index in [0.29, 0.717) is 0 Å². The van der Waals surface area contributed by atoms with Crippen LogP contribution in [0.15, 0.2) is 12.2 Å². The third-order valence-corrected chi connectivity index (χ3v) is 3.58. The Morgan fingerprint density at radius 2 is 1.54 bits per heavy atom. The molecule has 0 saturated heterocycles. The highest BCUT2D eigenvalue weighted by Crippen LogP contribution is 2.47. The maximum Gasteiger partial charge on any atom is 0.438 e. The Balaban J connectivity index is 6.05. The van der Waals surface area contributed by atoms with Crippen LogP contribution in [0.2, 0.25) is 0 Å². The summed E-state index contributed by atoms with van der Waals surface area (Å²) in [4.78, 5) is 23.0. The van der Waals surface area contributed by atoms with Crippen LogP contribution in [0, 0.1) is 0 Å². The van der Waals surface area contributed by atoms with Crippen LogP contribution in [-0.2, 0) is 29.2 Å². The Hall–Kier alpha value is -1.83. The van der Waals surface area contributed by atoms with Crippen LogP contribution in [0.4, 0.5) is 26.3 Å². The normalized spacial score (nSPS) is 14.5. The van der Waals surface area contributed by atoms with Crippen molar-refractivity contribution in [2.75, 3.05) is 5.75 Å². The number of halogens is 6. The van der Waals surface area contributed by atoms with Crippen molar-refractivity contribution in [3.05, 3.63) is 12.2 Å². The first-order valence-electron chi connectivity index (χ1n) is 6.56. The molecule has 0 amide bonds. The second-order valence-electron chi connectivity index (χ2n) is 5.05. The molecule has 7 nitrogen and oxygen atoms in total. The first-order valence-corrected chi connectivity index (χ1v) is 8.17. The quantitative estimate of drug-likeness (QED) is 0.293. The van der Waals surface area contributed by atoms with Gasteiger partial charge in [-0.1, -0.05) is 13.5 Å². The van der Waals surface area contributed by atoms with Crippen molar-refractivity contribution >= 4 is 22.1 Å². The highest BCUT2D eigenvalue weighted by Gasteiger charge is 2.76. The molecule has 0 aromatic rings. The summed E-state index contributed by atoms with van der Waals surface area (Å²) in [5.74, 6) is -6.63. The van der Waals surface area contributed by atoms with Gasteiger partial charge in [-0.15, -0.1) is 0 Å². The summed E-state index contributed by atoms with van der Waals surface area (Å²) in [7, 11) is -5.90. The monoisotopic (exact) mass is 416 g/mol. The average Bonchev–Trinajstić information content (AvgIpc) is 2.39. The van der Waals surface area contributed by atoms with Crippen molar-refractivity contribution < 1.29 is 58.4 Å². The van der Waals surface area contributed by atoms with Gasteiger partial charge in [0.2, 0.25) is 0 Å². The molecule has 0 aliphatic heterocycles. The molecule has 0 aromatic carbocycles. The molecule has 0 aliphatic rings. The lowest BCUT2D eigenvalue weighted by atomic mass is 10.1. The van der Waals surface area contributed by atoms with Crippen LogP contribution in [-0.4, -0.2) is 54.7 Å². The van der Waals surface area contributed by atoms with Crippen molar-refractivity contribution in [2.45, 2.75) is 44.3 Å². The van der Waals surface area contributed by atoms with Gasteiger partial charge in [-0.3, -0.25) is 4.55 Å². The Labute approximate surface area is 143 Å². The maximum absolute atomic E-state index is 13.0. The molecule has 26 heavy (non-hydrogen) atoms. The van der Waals surface area contributed by atoms with Crippen molar-refractivity contribution in [3.8, 4) is 0 Å². The molecule has 1 N–H and O–H groups in total. The van der Waals surface area contributed by atoms with Gasteiger partial charge >= 0.3 is 29.9 Å². The van der Waals surface area contributed by atoms with E-state index in [0.717, 1.165) is 13.8 Å². The number of hydrogen-bond donors (Lipinski definition) is 1. The predicted octanol–water partition coefficient (Wildman–Crippen LogP) is 2.18. The largest absolute Gasteiger partial charge is 0.447 e. The summed E-state index contributed by atoms with van der Waals surface area (Å²) < 4.78 is 116. The van der Waals surface area contributed by atoms with E-state index >= 15 is 0 Å². The van der Waals surface area contributed by atoms with E-state index in [1.165, 1.54) is 0 Å². The molecule has 1 unspecified atom stereocenters. The van der Waals surface area contributed by atoms with E-state index in [1.807, 2.05) is 0 Å². The minimum absolute atomic E-state index is 0.313. The first kappa shape index (κ1) is 24.2. The molecule has 1 atom stereocenters. The smallest absolute Gasteiger partial charge is 0.438 e. The highest BCUT2D eigenvalue weighted by atomic mass is 32.2. The van der Waals surface area contributed by atoms with Crippen LogP contribution in [0.25, 0.3) is 0 Å². The fraction of sp³-hybridized carbons (Fsp3) is 0.667. The fourth-order valence-electron chi connectivity index (χ4n) is 1.49. The van der Waals surface area contributed by atoms with Crippen molar-refractivity contribution in [1.29, 1.82) is 0 Å². The van der Waals surface area contributed by atoms with Gasteiger partial charge in [0, 0.05) is 5.57 Å². The number of esters is 2. The highest BCUT2D eigenvalue weighted by molar-refractivity contribution is 7.85. The van der Waals surface area contributed by atoms with E-state index in [1.54, 1.807) is 0 Å². The summed E-state index contributed by atoms with van der Waals surface area (Å²) in [6, 6.07) is 0. The lowest BCUT2D eigenvalue weighted by Gasteiger charge is -2.36. The summed E-state index contributed by atoms with van der Waals surface area (Å²) in [6.07, 6.45) is -15.7. The third-order valence-electron chi connectivity index (χ3n) is 2.81.